The van der Waals surface area contributed by atoms with Crippen molar-refractivity contribution >= 4 is 23.6 Å². The smallest absolute Gasteiger partial charge is 0.224 e. The maximum Gasteiger partial charge on any atom is 0.224 e. The third-order valence-corrected chi connectivity index (χ3v) is 5.59. The van der Waals surface area contributed by atoms with Gasteiger partial charge >= 0.3 is 0 Å². The molecule has 18 heavy (non-hydrogen) atoms. The van der Waals surface area contributed by atoms with Crippen molar-refractivity contribution in [2.45, 2.75) is 43.3 Å². The van der Waals surface area contributed by atoms with Crippen LogP contribution < -0.4 is 10.6 Å². The van der Waals surface area contributed by atoms with E-state index in [1.807, 2.05) is 11.8 Å². The van der Waals surface area contributed by atoms with Gasteiger partial charge in [0, 0.05) is 24.3 Å². The first-order valence-corrected chi connectivity index (χ1v) is 7.97. The molecule has 2 rings (SSSR count). The Morgan fingerprint density at radius 3 is 2.78 bits per heavy atom. The average Bonchev–Trinajstić information content (AvgIpc) is 2.86. The molecule has 2 aliphatic rings. The van der Waals surface area contributed by atoms with E-state index in [4.69, 9.17) is 0 Å². The Morgan fingerprint density at radius 2 is 2.22 bits per heavy atom. The zero-order valence-electron chi connectivity index (χ0n) is 11.0. The van der Waals surface area contributed by atoms with Crippen molar-refractivity contribution in [1.29, 1.82) is 0 Å². The van der Waals surface area contributed by atoms with E-state index in [1.54, 1.807) is 0 Å². The van der Waals surface area contributed by atoms with E-state index < -0.39 is 0 Å². The van der Waals surface area contributed by atoms with Crippen LogP contribution in [0.25, 0.3) is 0 Å². The average molecular weight is 270 g/mol. The van der Waals surface area contributed by atoms with Crippen LogP contribution in [0.3, 0.4) is 0 Å². The van der Waals surface area contributed by atoms with Gasteiger partial charge in [-0.2, -0.15) is 11.8 Å². The van der Waals surface area contributed by atoms with Crippen molar-refractivity contribution in [2.24, 2.45) is 5.92 Å². The van der Waals surface area contributed by atoms with Crippen LogP contribution in [0.15, 0.2) is 0 Å². The van der Waals surface area contributed by atoms with Gasteiger partial charge in [-0.15, -0.1) is 0 Å². The minimum absolute atomic E-state index is 0.0389. The number of rotatable bonds is 4. The van der Waals surface area contributed by atoms with Crippen molar-refractivity contribution < 1.29 is 9.59 Å². The van der Waals surface area contributed by atoms with Gasteiger partial charge in [0.2, 0.25) is 11.8 Å². The zero-order chi connectivity index (χ0) is 13.0. The first-order valence-electron chi connectivity index (χ1n) is 6.75. The van der Waals surface area contributed by atoms with Crippen LogP contribution >= 0.6 is 11.8 Å². The van der Waals surface area contributed by atoms with E-state index in [2.05, 4.69) is 16.9 Å². The lowest BCUT2D eigenvalue weighted by Gasteiger charge is -2.29. The van der Waals surface area contributed by atoms with Crippen LogP contribution in [0.2, 0.25) is 0 Å². The molecule has 0 aromatic rings. The van der Waals surface area contributed by atoms with E-state index in [9.17, 15) is 9.59 Å². The molecule has 1 aliphatic heterocycles. The summed E-state index contributed by atoms with van der Waals surface area (Å²) in [5.74, 6) is 0.133. The summed E-state index contributed by atoms with van der Waals surface area (Å²) in [4.78, 5) is 23.1. The molecule has 0 aromatic carbocycles. The van der Waals surface area contributed by atoms with Gasteiger partial charge in [-0.1, -0.05) is 12.8 Å². The SMILES string of the molecule is CSC1(CNC(=O)C2CCC(=O)NC2)CCCC1. The molecule has 2 N–H and O–H groups in total. The second-order valence-corrected chi connectivity index (χ2v) is 6.63. The normalized spacial score (nSPS) is 26.7. The third-order valence-electron chi connectivity index (χ3n) is 4.17. The number of carbonyl (C=O) groups excluding carboxylic acids is 2. The number of hydrogen-bond donors (Lipinski definition) is 2. The van der Waals surface area contributed by atoms with Crippen molar-refractivity contribution in [2.75, 3.05) is 19.3 Å². The van der Waals surface area contributed by atoms with Gasteiger partial charge in [-0.25, -0.2) is 0 Å². The summed E-state index contributed by atoms with van der Waals surface area (Å²) >= 11 is 1.88. The lowest BCUT2D eigenvalue weighted by Crippen LogP contribution is -2.46. The third kappa shape index (κ3) is 3.19. The summed E-state index contributed by atoms with van der Waals surface area (Å²) in [5, 5.41) is 5.85. The molecule has 0 radical (unpaired) electrons. The molecule has 0 spiro atoms. The lowest BCUT2D eigenvalue weighted by molar-refractivity contribution is -0.129. The number of thioether (sulfide) groups is 1. The second kappa shape index (κ2) is 5.95. The van der Waals surface area contributed by atoms with Crippen LogP contribution in [0, 0.1) is 5.92 Å². The van der Waals surface area contributed by atoms with Gasteiger partial charge in [0.05, 0.1) is 5.92 Å². The molecule has 0 aromatic heterocycles. The highest BCUT2D eigenvalue weighted by Gasteiger charge is 2.34. The van der Waals surface area contributed by atoms with Gasteiger partial charge in [0.1, 0.15) is 0 Å². The molecular formula is C13H22N2O2S. The highest BCUT2D eigenvalue weighted by Crippen LogP contribution is 2.39. The maximum atomic E-state index is 12.0. The fraction of sp³-hybridized carbons (Fsp3) is 0.846. The van der Waals surface area contributed by atoms with Gasteiger partial charge in [0.25, 0.3) is 0 Å². The van der Waals surface area contributed by atoms with Crippen LogP contribution in [0.4, 0.5) is 0 Å². The van der Waals surface area contributed by atoms with E-state index in [1.165, 1.54) is 25.7 Å². The molecule has 1 heterocycles. The Hall–Kier alpha value is -0.710. The molecule has 4 nitrogen and oxygen atoms in total. The Kier molecular flexibility index (Phi) is 4.54. The van der Waals surface area contributed by atoms with Crippen molar-refractivity contribution in [3.8, 4) is 0 Å². The summed E-state index contributed by atoms with van der Waals surface area (Å²) < 4.78 is 0.258. The van der Waals surface area contributed by atoms with Crippen molar-refractivity contribution in [1.82, 2.24) is 10.6 Å². The van der Waals surface area contributed by atoms with Gasteiger partial charge in [0.15, 0.2) is 0 Å². The van der Waals surface area contributed by atoms with Crippen molar-refractivity contribution in [3.05, 3.63) is 0 Å². The largest absolute Gasteiger partial charge is 0.355 e. The molecule has 1 saturated heterocycles. The number of carbonyl (C=O) groups is 2. The van der Waals surface area contributed by atoms with Gasteiger partial charge < -0.3 is 10.6 Å². The van der Waals surface area contributed by atoms with Gasteiger partial charge in [-0.05, 0) is 25.5 Å². The predicted octanol–water partition coefficient (Wildman–Crippen LogP) is 1.30. The Morgan fingerprint density at radius 1 is 1.50 bits per heavy atom. The van der Waals surface area contributed by atoms with Crippen LogP contribution in [0.5, 0.6) is 0 Å². The molecule has 2 fully saturated rings. The fourth-order valence-corrected chi connectivity index (χ4v) is 3.73. The minimum Gasteiger partial charge on any atom is -0.355 e. The van der Waals surface area contributed by atoms with Crippen LogP contribution in [-0.2, 0) is 9.59 Å². The molecule has 1 saturated carbocycles. The van der Waals surface area contributed by atoms with E-state index >= 15 is 0 Å². The summed E-state index contributed by atoms with van der Waals surface area (Å²) in [5.41, 5.74) is 0. The quantitative estimate of drug-likeness (QED) is 0.809. The molecule has 1 unspecified atom stereocenters. The number of amides is 2. The topological polar surface area (TPSA) is 58.2 Å². The minimum atomic E-state index is -0.0389. The number of nitrogens with one attached hydrogen (secondary N) is 2. The Bertz CT molecular complexity index is 317. The second-order valence-electron chi connectivity index (χ2n) is 5.35. The van der Waals surface area contributed by atoms with Crippen LogP contribution in [-0.4, -0.2) is 35.9 Å². The van der Waals surface area contributed by atoms with E-state index in [-0.39, 0.29) is 22.5 Å². The van der Waals surface area contributed by atoms with Crippen molar-refractivity contribution in [3.63, 3.8) is 0 Å². The van der Waals surface area contributed by atoms with Crippen LogP contribution in [0.1, 0.15) is 38.5 Å². The predicted molar refractivity (Wildman–Crippen MR) is 73.5 cm³/mol. The molecule has 5 heteroatoms. The molecule has 0 bridgehead atoms. The molecular weight excluding hydrogens is 248 g/mol. The summed E-state index contributed by atoms with van der Waals surface area (Å²) in [6.45, 7) is 1.27. The number of hydrogen-bond acceptors (Lipinski definition) is 3. The molecule has 2 amide bonds. The summed E-state index contributed by atoms with van der Waals surface area (Å²) in [7, 11) is 0. The first-order chi connectivity index (χ1) is 8.65. The molecule has 102 valence electrons. The Balaban J connectivity index is 1.79. The monoisotopic (exact) mass is 270 g/mol. The van der Waals surface area contributed by atoms with Gasteiger partial charge in [-0.3, -0.25) is 9.59 Å². The van der Waals surface area contributed by atoms with E-state index in [0.717, 1.165) is 6.54 Å². The lowest BCUT2D eigenvalue weighted by atomic mass is 9.98. The zero-order valence-corrected chi connectivity index (χ0v) is 11.8. The fourth-order valence-electron chi connectivity index (χ4n) is 2.82. The Labute approximate surface area is 113 Å². The summed E-state index contributed by atoms with van der Waals surface area (Å²) in [6.07, 6.45) is 8.26. The molecule has 1 aliphatic carbocycles. The number of piperidine rings is 1. The standard InChI is InChI=1S/C13H22N2O2S/c1-18-13(6-2-3-7-13)9-15-12(17)10-4-5-11(16)14-8-10/h10H,2-9H2,1H3,(H,14,16)(H,15,17). The highest BCUT2D eigenvalue weighted by atomic mass is 32.2. The van der Waals surface area contributed by atoms with E-state index in [0.29, 0.717) is 19.4 Å². The summed E-state index contributed by atoms with van der Waals surface area (Å²) in [6, 6.07) is 0. The highest BCUT2D eigenvalue weighted by molar-refractivity contribution is 8.00. The first kappa shape index (κ1) is 13.7. The molecule has 1 atom stereocenters. The maximum absolute atomic E-state index is 12.0.